The second kappa shape index (κ2) is 6.95. The maximum atomic E-state index is 6.24. The number of anilines is 1. The van der Waals surface area contributed by atoms with E-state index < -0.39 is 0 Å². The summed E-state index contributed by atoms with van der Waals surface area (Å²) >= 11 is 6.24. The molecule has 0 aliphatic heterocycles. The van der Waals surface area contributed by atoms with Gasteiger partial charge in [-0.25, -0.2) is 9.97 Å². The van der Waals surface area contributed by atoms with E-state index in [4.69, 9.17) is 11.6 Å². The molecule has 0 radical (unpaired) electrons. The van der Waals surface area contributed by atoms with Crippen LogP contribution in [0.1, 0.15) is 5.56 Å². The van der Waals surface area contributed by atoms with Crippen molar-refractivity contribution in [3.8, 4) is 11.1 Å². The molecule has 0 fully saturated rings. The smallest absolute Gasteiger partial charge is 0.137 e. The fraction of sp³-hybridized carbons (Fsp3) is 0.100. The summed E-state index contributed by atoms with van der Waals surface area (Å²) in [7, 11) is 0. The van der Waals surface area contributed by atoms with Gasteiger partial charge >= 0.3 is 0 Å². The van der Waals surface area contributed by atoms with E-state index in [0.717, 1.165) is 40.9 Å². The summed E-state index contributed by atoms with van der Waals surface area (Å²) in [5.74, 6) is 0.775. The molecular formula is C20H17ClN4. The highest BCUT2D eigenvalue weighted by Crippen LogP contribution is 2.30. The van der Waals surface area contributed by atoms with Crippen LogP contribution in [-0.4, -0.2) is 21.5 Å². The number of pyridine rings is 2. The topological polar surface area (TPSA) is 53.6 Å². The van der Waals surface area contributed by atoms with Gasteiger partial charge in [0.2, 0.25) is 0 Å². The highest BCUT2D eigenvalue weighted by molar-refractivity contribution is 6.29. The molecule has 25 heavy (non-hydrogen) atoms. The van der Waals surface area contributed by atoms with E-state index in [0.29, 0.717) is 5.15 Å². The van der Waals surface area contributed by atoms with Crippen molar-refractivity contribution in [2.75, 3.05) is 11.9 Å². The Morgan fingerprint density at radius 1 is 1.04 bits per heavy atom. The van der Waals surface area contributed by atoms with Crippen molar-refractivity contribution in [1.29, 1.82) is 0 Å². The van der Waals surface area contributed by atoms with Crippen LogP contribution in [0.3, 0.4) is 0 Å². The Kier molecular flexibility index (Phi) is 4.36. The third kappa shape index (κ3) is 3.49. The molecule has 3 aromatic heterocycles. The minimum absolute atomic E-state index is 0.470. The Morgan fingerprint density at radius 3 is 2.80 bits per heavy atom. The summed E-state index contributed by atoms with van der Waals surface area (Å²) in [6, 6.07) is 18.2. The molecule has 0 amide bonds. The minimum atomic E-state index is 0.470. The maximum Gasteiger partial charge on any atom is 0.137 e. The molecule has 3 heterocycles. The zero-order chi connectivity index (χ0) is 17.1. The average Bonchev–Trinajstić information content (AvgIpc) is 3.06. The van der Waals surface area contributed by atoms with Crippen LogP contribution in [0.4, 0.5) is 5.82 Å². The van der Waals surface area contributed by atoms with E-state index in [1.54, 1.807) is 6.20 Å². The van der Waals surface area contributed by atoms with Gasteiger partial charge in [0.05, 0.1) is 0 Å². The Morgan fingerprint density at radius 2 is 1.92 bits per heavy atom. The number of hydrogen-bond acceptors (Lipinski definition) is 3. The molecule has 0 bridgehead atoms. The lowest BCUT2D eigenvalue weighted by Crippen LogP contribution is -2.06. The number of hydrogen-bond donors (Lipinski definition) is 2. The van der Waals surface area contributed by atoms with Crippen LogP contribution in [0.5, 0.6) is 0 Å². The van der Waals surface area contributed by atoms with Crippen molar-refractivity contribution in [2.45, 2.75) is 6.42 Å². The highest BCUT2D eigenvalue weighted by Gasteiger charge is 2.09. The second-order valence-corrected chi connectivity index (χ2v) is 6.22. The molecule has 124 valence electrons. The van der Waals surface area contributed by atoms with Crippen molar-refractivity contribution < 1.29 is 0 Å². The van der Waals surface area contributed by atoms with Crippen molar-refractivity contribution >= 4 is 28.5 Å². The Bertz CT molecular complexity index is 995. The van der Waals surface area contributed by atoms with Crippen molar-refractivity contribution in [3.63, 3.8) is 0 Å². The van der Waals surface area contributed by atoms with E-state index in [1.807, 2.05) is 36.5 Å². The van der Waals surface area contributed by atoms with E-state index >= 15 is 0 Å². The van der Waals surface area contributed by atoms with Crippen LogP contribution >= 0.6 is 11.6 Å². The minimum Gasteiger partial charge on any atom is -0.370 e. The fourth-order valence-electron chi connectivity index (χ4n) is 2.92. The fourth-order valence-corrected chi connectivity index (χ4v) is 3.13. The molecule has 4 nitrogen and oxygen atoms in total. The number of H-pyrrole nitrogens is 1. The lowest BCUT2D eigenvalue weighted by Gasteiger charge is -2.08. The summed E-state index contributed by atoms with van der Waals surface area (Å²) in [4.78, 5) is 11.9. The van der Waals surface area contributed by atoms with Gasteiger partial charge in [-0.05, 0) is 41.8 Å². The summed E-state index contributed by atoms with van der Waals surface area (Å²) in [5.41, 5.74) is 4.24. The quantitative estimate of drug-likeness (QED) is 0.503. The summed E-state index contributed by atoms with van der Waals surface area (Å²) < 4.78 is 0. The van der Waals surface area contributed by atoms with Gasteiger partial charge in [0.1, 0.15) is 16.6 Å². The molecule has 0 spiro atoms. The molecule has 0 saturated heterocycles. The zero-order valence-electron chi connectivity index (χ0n) is 13.5. The Balaban J connectivity index is 1.56. The standard InChI is InChI=1S/C20H17ClN4/c21-18-11-15(17-13-24-20-16(17)7-4-9-23-20)12-19(25-18)22-10-8-14-5-2-1-3-6-14/h1-7,9,11-13H,8,10H2,(H,22,25)(H,23,24). The number of fused-ring (bicyclic) bond motifs is 1. The van der Waals surface area contributed by atoms with Crippen molar-refractivity contribution in [2.24, 2.45) is 0 Å². The van der Waals surface area contributed by atoms with Gasteiger partial charge in [-0.3, -0.25) is 0 Å². The summed E-state index contributed by atoms with van der Waals surface area (Å²) in [5, 5.41) is 4.90. The molecule has 0 unspecified atom stereocenters. The van der Waals surface area contributed by atoms with Gasteiger partial charge in [-0.15, -0.1) is 0 Å². The SMILES string of the molecule is Clc1cc(-c2c[nH]c3ncccc23)cc(NCCc2ccccc2)n1. The average molecular weight is 349 g/mol. The van der Waals surface area contributed by atoms with Crippen LogP contribution in [0.25, 0.3) is 22.2 Å². The number of benzene rings is 1. The number of aromatic amines is 1. The van der Waals surface area contributed by atoms with Crippen molar-refractivity contribution in [3.05, 3.63) is 77.7 Å². The van der Waals surface area contributed by atoms with Crippen LogP contribution < -0.4 is 5.32 Å². The van der Waals surface area contributed by atoms with E-state index in [2.05, 4.69) is 44.5 Å². The van der Waals surface area contributed by atoms with Crippen LogP contribution in [-0.2, 0) is 6.42 Å². The normalized spacial score (nSPS) is 10.9. The van der Waals surface area contributed by atoms with Crippen LogP contribution in [0.2, 0.25) is 5.15 Å². The molecule has 0 aliphatic carbocycles. The summed E-state index contributed by atoms with van der Waals surface area (Å²) in [6.45, 7) is 0.798. The zero-order valence-corrected chi connectivity index (χ0v) is 14.3. The van der Waals surface area contributed by atoms with Gasteiger partial charge in [-0.2, -0.15) is 0 Å². The van der Waals surface area contributed by atoms with Crippen molar-refractivity contribution in [1.82, 2.24) is 15.0 Å². The first-order chi connectivity index (χ1) is 12.3. The number of nitrogens with one attached hydrogen (secondary N) is 2. The highest BCUT2D eigenvalue weighted by atomic mass is 35.5. The molecule has 1 aromatic carbocycles. The molecule has 4 aromatic rings. The first-order valence-corrected chi connectivity index (χ1v) is 8.55. The number of rotatable bonds is 5. The third-order valence-corrected chi connectivity index (χ3v) is 4.31. The monoisotopic (exact) mass is 348 g/mol. The van der Waals surface area contributed by atoms with Gasteiger partial charge in [0.15, 0.2) is 0 Å². The predicted molar refractivity (Wildman–Crippen MR) is 103 cm³/mol. The Labute approximate surface area is 150 Å². The second-order valence-electron chi connectivity index (χ2n) is 5.83. The van der Waals surface area contributed by atoms with Crippen LogP contribution in [0.15, 0.2) is 67.0 Å². The molecular weight excluding hydrogens is 332 g/mol. The molecule has 0 atom stereocenters. The number of nitrogens with zero attached hydrogens (tertiary/aromatic N) is 2. The molecule has 0 saturated carbocycles. The van der Waals surface area contributed by atoms with Gasteiger partial charge < -0.3 is 10.3 Å². The van der Waals surface area contributed by atoms with Crippen LogP contribution in [0, 0.1) is 0 Å². The molecule has 2 N–H and O–H groups in total. The van der Waals surface area contributed by atoms with Gasteiger partial charge in [-0.1, -0.05) is 41.9 Å². The first-order valence-electron chi connectivity index (χ1n) is 8.17. The third-order valence-electron chi connectivity index (χ3n) is 4.12. The maximum absolute atomic E-state index is 6.24. The Hall–Kier alpha value is -2.85. The first kappa shape index (κ1) is 15.7. The van der Waals surface area contributed by atoms with E-state index in [-0.39, 0.29) is 0 Å². The van der Waals surface area contributed by atoms with Gasteiger partial charge in [0, 0.05) is 29.9 Å². The van der Waals surface area contributed by atoms with E-state index in [9.17, 15) is 0 Å². The van der Waals surface area contributed by atoms with E-state index in [1.165, 1.54) is 5.56 Å². The summed E-state index contributed by atoms with van der Waals surface area (Å²) in [6.07, 6.45) is 4.66. The molecule has 5 heteroatoms. The predicted octanol–water partition coefficient (Wildman–Crippen LogP) is 4.93. The number of aromatic nitrogens is 3. The largest absolute Gasteiger partial charge is 0.370 e. The molecule has 0 aliphatic rings. The molecule has 4 rings (SSSR count). The lowest BCUT2D eigenvalue weighted by molar-refractivity contribution is 1.01. The number of halogens is 1. The lowest BCUT2D eigenvalue weighted by atomic mass is 10.1. The van der Waals surface area contributed by atoms with Gasteiger partial charge in [0.25, 0.3) is 0 Å².